The Bertz CT molecular complexity index is 232. The first-order valence-electron chi connectivity index (χ1n) is 6.57. The smallest absolute Gasteiger partial charge is 0.234 e. The van der Waals surface area contributed by atoms with E-state index in [9.17, 15) is 4.79 Å². The van der Waals surface area contributed by atoms with Crippen molar-refractivity contribution in [2.45, 2.75) is 45.6 Å². The molecular weight excluding hydrogens is 216 g/mol. The second-order valence-electron chi connectivity index (χ2n) is 5.85. The maximum Gasteiger partial charge on any atom is 0.234 e. The third-order valence-electron chi connectivity index (χ3n) is 2.49. The van der Waals surface area contributed by atoms with Crippen molar-refractivity contribution < 1.29 is 9.53 Å². The molecular formula is C13H26N2O2. The topological polar surface area (TPSA) is 50.4 Å². The van der Waals surface area contributed by atoms with E-state index in [4.69, 9.17) is 4.74 Å². The number of carbonyl (C=O) groups excluding carboxylic acids is 1. The van der Waals surface area contributed by atoms with Gasteiger partial charge in [-0.25, -0.2) is 0 Å². The predicted octanol–water partition coefficient (Wildman–Crippen LogP) is 1.31. The number of hydrogen-bond acceptors (Lipinski definition) is 3. The zero-order valence-corrected chi connectivity index (χ0v) is 11.3. The Balaban J connectivity index is 1.84. The molecule has 2 N–H and O–H groups in total. The van der Waals surface area contributed by atoms with Gasteiger partial charge in [-0.1, -0.05) is 0 Å². The first-order valence-corrected chi connectivity index (χ1v) is 6.57. The molecule has 0 unspecified atom stereocenters. The van der Waals surface area contributed by atoms with Crippen LogP contribution in [-0.2, 0) is 9.53 Å². The molecule has 1 aliphatic rings. The maximum atomic E-state index is 11.4. The van der Waals surface area contributed by atoms with Crippen LogP contribution in [0.2, 0.25) is 0 Å². The maximum absolute atomic E-state index is 11.4. The zero-order valence-electron chi connectivity index (χ0n) is 11.3. The summed E-state index contributed by atoms with van der Waals surface area (Å²) in [6.45, 7) is 8.89. The van der Waals surface area contributed by atoms with Crippen LogP contribution < -0.4 is 10.6 Å². The van der Waals surface area contributed by atoms with E-state index in [1.54, 1.807) is 0 Å². The first-order chi connectivity index (χ1) is 7.97. The molecule has 0 aromatic rings. The summed E-state index contributed by atoms with van der Waals surface area (Å²) in [4.78, 5) is 11.4. The Hall–Kier alpha value is -0.610. The minimum absolute atomic E-state index is 0.0522. The summed E-state index contributed by atoms with van der Waals surface area (Å²) >= 11 is 0. The molecule has 0 heterocycles. The summed E-state index contributed by atoms with van der Waals surface area (Å²) in [5.41, 5.74) is -0.147. The number of carbonyl (C=O) groups is 1. The zero-order chi connectivity index (χ0) is 12.7. The highest BCUT2D eigenvalue weighted by Gasteiger charge is 2.20. The Kier molecular flexibility index (Phi) is 5.92. The molecule has 0 aromatic carbocycles. The van der Waals surface area contributed by atoms with Crippen molar-refractivity contribution in [3.05, 3.63) is 0 Å². The van der Waals surface area contributed by atoms with E-state index in [1.807, 2.05) is 20.8 Å². The van der Waals surface area contributed by atoms with Crippen LogP contribution in [0.25, 0.3) is 0 Å². The number of nitrogens with one attached hydrogen (secondary N) is 2. The fourth-order valence-electron chi connectivity index (χ4n) is 1.50. The monoisotopic (exact) mass is 242 g/mol. The molecule has 0 aromatic heterocycles. The van der Waals surface area contributed by atoms with E-state index < -0.39 is 0 Å². The van der Waals surface area contributed by atoms with Gasteiger partial charge in [0.05, 0.1) is 6.54 Å². The number of hydrogen-bond donors (Lipinski definition) is 2. The number of rotatable bonds is 8. The Labute approximate surface area is 104 Å². The highest BCUT2D eigenvalue weighted by molar-refractivity contribution is 5.78. The third-order valence-corrected chi connectivity index (χ3v) is 2.49. The minimum atomic E-state index is -0.147. The lowest BCUT2D eigenvalue weighted by Gasteiger charge is -2.20. The van der Waals surface area contributed by atoms with Crippen LogP contribution in [0.4, 0.5) is 0 Å². The van der Waals surface area contributed by atoms with Gasteiger partial charge in [0.15, 0.2) is 0 Å². The highest BCUT2D eigenvalue weighted by atomic mass is 16.5. The normalized spacial score (nSPS) is 15.9. The van der Waals surface area contributed by atoms with E-state index in [2.05, 4.69) is 10.6 Å². The summed E-state index contributed by atoms with van der Waals surface area (Å²) < 4.78 is 5.50. The van der Waals surface area contributed by atoms with E-state index >= 15 is 0 Å². The molecule has 0 atom stereocenters. The van der Waals surface area contributed by atoms with Crippen molar-refractivity contribution in [3.8, 4) is 0 Å². The predicted molar refractivity (Wildman–Crippen MR) is 68.9 cm³/mol. The van der Waals surface area contributed by atoms with Gasteiger partial charge in [0.1, 0.15) is 0 Å². The second-order valence-corrected chi connectivity index (χ2v) is 5.85. The van der Waals surface area contributed by atoms with Crippen LogP contribution in [0.5, 0.6) is 0 Å². The van der Waals surface area contributed by atoms with Crippen LogP contribution in [-0.4, -0.2) is 37.7 Å². The summed E-state index contributed by atoms with van der Waals surface area (Å²) in [6, 6.07) is 0. The first kappa shape index (κ1) is 14.5. The van der Waals surface area contributed by atoms with Gasteiger partial charge in [-0.15, -0.1) is 0 Å². The lowest BCUT2D eigenvalue weighted by Crippen LogP contribution is -2.45. The number of ether oxygens (including phenoxy) is 1. The minimum Gasteiger partial charge on any atom is -0.381 e. The van der Waals surface area contributed by atoms with Crippen LogP contribution in [0.3, 0.4) is 0 Å². The van der Waals surface area contributed by atoms with Gasteiger partial charge in [-0.05, 0) is 52.5 Å². The molecule has 1 amide bonds. The lowest BCUT2D eigenvalue weighted by atomic mass is 10.1. The molecule has 0 radical (unpaired) electrons. The van der Waals surface area contributed by atoms with Crippen molar-refractivity contribution in [3.63, 3.8) is 0 Å². The molecule has 1 aliphatic carbocycles. The third kappa shape index (κ3) is 9.12. The SMILES string of the molecule is CC(C)(C)NC(=O)CNCCCOCC1CC1. The fraction of sp³-hybridized carbons (Fsp3) is 0.923. The largest absolute Gasteiger partial charge is 0.381 e. The fourth-order valence-corrected chi connectivity index (χ4v) is 1.50. The molecule has 0 bridgehead atoms. The van der Waals surface area contributed by atoms with Gasteiger partial charge >= 0.3 is 0 Å². The van der Waals surface area contributed by atoms with E-state index in [0.29, 0.717) is 6.54 Å². The van der Waals surface area contributed by atoms with Gasteiger partial charge < -0.3 is 15.4 Å². The van der Waals surface area contributed by atoms with Gasteiger partial charge in [-0.3, -0.25) is 4.79 Å². The standard InChI is InChI=1S/C13H26N2O2/c1-13(2,3)15-12(16)9-14-7-4-8-17-10-11-5-6-11/h11,14H,4-10H2,1-3H3,(H,15,16). The van der Waals surface area contributed by atoms with Crippen molar-refractivity contribution in [2.75, 3.05) is 26.3 Å². The molecule has 0 aliphatic heterocycles. The van der Waals surface area contributed by atoms with Crippen LogP contribution in [0.1, 0.15) is 40.0 Å². The van der Waals surface area contributed by atoms with Crippen molar-refractivity contribution in [1.29, 1.82) is 0 Å². The van der Waals surface area contributed by atoms with Crippen LogP contribution >= 0.6 is 0 Å². The summed E-state index contributed by atoms with van der Waals surface area (Å²) in [7, 11) is 0. The van der Waals surface area contributed by atoms with Crippen molar-refractivity contribution in [2.24, 2.45) is 5.92 Å². The molecule has 4 heteroatoms. The number of amides is 1. The van der Waals surface area contributed by atoms with Gasteiger partial charge in [0.25, 0.3) is 0 Å². The van der Waals surface area contributed by atoms with Crippen molar-refractivity contribution >= 4 is 5.91 Å². The van der Waals surface area contributed by atoms with Gasteiger partial charge in [0.2, 0.25) is 5.91 Å². The van der Waals surface area contributed by atoms with Crippen LogP contribution in [0, 0.1) is 5.92 Å². The summed E-state index contributed by atoms with van der Waals surface area (Å²) in [6.07, 6.45) is 3.64. The van der Waals surface area contributed by atoms with E-state index in [-0.39, 0.29) is 11.4 Å². The molecule has 100 valence electrons. The lowest BCUT2D eigenvalue weighted by molar-refractivity contribution is -0.121. The highest BCUT2D eigenvalue weighted by Crippen LogP contribution is 2.28. The average Bonchev–Trinajstić information content (AvgIpc) is 2.97. The molecule has 0 saturated heterocycles. The molecule has 1 fully saturated rings. The van der Waals surface area contributed by atoms with Crippen molar-refractivity contribution in [1.82, 2.24) is 10.6 Å². The Morgan fingerprint density at radius 2 is 2.06 bits per heavy atom. The second kappa shape index (κ2) is 6.97. The summed E-state index contributed by atoms with van der Waals surface area (Å²) in [5.74, 6) is 0.886. The van der Waals surface area contributed by atoms with Gasteiger partial charge in [0, 0.05) is 18.8 Å². The van der Waals surface area contributed by atoms with Crippen LogP contribution in [0.15, 0.2) is 0 Å². The molecule has 1 rings (SSSR count). The molecule has 17 heavy (non-hydrogen) atoms. The molecule has 4 nitrogen and oxygen atoms in total. The van der Waals surface area contributed by atoms with E-state index in [0.717, 1.165) is 32.1 Å². The van der Waals surface area contributed by atoms with Gasteiger partial charge in [-0.2, -0.15) is 0 Å². The Morgan fingerprint density at radius 1 is 1.35 bits per heavy atom. The average molecular weight is 242 g/mol. The van der Waals surface area contributed by atoms with E-state index in [1.165, 1.54) is 12.8 Å². The molecule has 0 spiro atoms. The summed E-state index contributed by atoms with van der Waals surface area (Å²) in [5, 5.41) is 6.03. The molecule has 1 saturated carbocycles. The quantitative estimate of drug-likeness (QED) is 0.631. The Morgan fingerprint density at radius 3 is 2.65 bits per heavy atom.